The normalized spacial score (nSPS) is 14.8. The van der Waals surface area contributed by atoms with Crippen molar-refractivity contribution >= 4 is 29.9 Å². The van der Waals surface area contributed by atoms with Gasteiger partial charge in [0.15, 0.2) is 17.5 Å². The molecule has 0 heterocycles. The number of halogens is 2. The third-order valence-electron chi connectivity index (χ3n) is 4.94. The highest BCUT2D eigenvalue weighted by atomic mass is 127. The Hall–Kier alpha value is -2.03. The minimum atomic E-state index is -0.201. The molecule has 0 radical (unpaired) electrons. The summed E-state index contributed by atoms with van der Waals surface area (Å²) in [6.07, 6.45) is 2.05. The van der Waals surface area contributed by atoms with Gasteiger partial charge in [-0.2, -0.15) is 0 Å². The number of aliphatic imine (C=N–C) groups is 1. The highest BCUT2D eigenvalue weighted by Crippen LogP contribution is 2.47. The predicted octanol–water partition coefficient (Wildman–Crippen LogP) is 3.94. The van der Waals surface area contributed by atoms with E-state index >= 15 is 0 Å². The predicted molar refractivity (Wildman–Crippen MR) is 120 cm³/mol. The van der Waals surface area contributed by atoms with Gasteiger partial charge in [-0.1, -0.05) is 24.3 Å². The van der Waals surface area contributed by atoms with Crippen LogP contribution in [0.5, 0.6) is 11.5 Å². The molecule has 0 amide bonds. The van der Waals surface area contributed by atoms with Gasteiger partial charge in [-0.25, -0.2) is 9.38 Å². The van der Waals surface area contributed by atoms with E-state index in [9.17, 15) is 9.50 Å². The van der Waals surface area contributed by atoms with Crippen molar-refractivity contribution in [3.63, 3.8) is 0 Å². The molecule has 0 unspecified atom stereocenters. The highest BCUT2D eigenvalue weighted by molar-refractivity contribution is 14.0. The van der Waals surface area contributed by atoms with E-state index in [4.69, 9.17) is 4.74 Å². The molecule has 0 bridgehead atoms. The van der Waals surface area contributed by atoms with Crippen molar-refractivity contribution in [2.75, 3.05) is 20.2 Å². The van der Waals surface area contributed by atoms with Crippen LogP contribution in [-0.2, 0) is 12.0 Å². The molecule has 28 heavy (non-hydrogen) atoms. The van der Waals surface area contributed by atoms with Crippen LogP contribution >= 0.6 is 24.0 Å². The van der Waals surface area contributed by atoms with Gasteiger partial charge in [-0.05, 0) is 43.5 Å². The van der Waals surface area contributed by atoms with Gasteiger partial charge in [0.2, 0.25) is 0 Å². The fourth-order valence-corrected chi connectivity index (χ4v) is 3.16. The van der Waals surface area contributed by atoms with E-state index in [0.717, 1.165) is 24.9 Å². The lowest BCUT2D eigenvalue weighted by molar-refractivity contribution is 0.370. The number of hydrogen-bond acceptors (Lipinski definition) is 3. The average Bonchev–Trinajstić information content (AvgIpc) is 3.46. The van der Waals surface area contributed by atoms with Crippen molar-refractivity contribution in [1.82, 2.24) is 10.6 Å². The zero-order valence-electron chi connectivity index (χ0n) is 16.2. The minimum Gasteiger partial charge on any atom is -0.504 e. The van der Waals surface area contributed by atoms with Crippen LogP contribution in [0.1, 0.15) is 30.9 Å². The zero-order valence-corrected chi connectivity index (χ0v) is 18.5. The number of methoxy groups -OCH3 is 1. The molecule has 152 valence electrons. The number of phenols is 1. The van der Waals surface area contributed by atoms with Crippen LogP contribution in [0.4, 0.5) is 4.39 Å². The largest absolute Gasteiger partial charge is 0.504 e. The van der Waals surface area contributed by atoms with E-state index in [1.165, 1.54) is 13.2 Å². The smallest absolute Gasteiger partial charge is 0.191 e. The molecule has 0 atom stereocenters. The first-order valence-corrected chi connectivity index (χ1v) is 9.21. The lowest BCUT2D eigenvalue weighted by atomic mass is 9.96. The van der Waals surface area contributed by atoms with Crippen LogP contribution in [-0.4, -0.2) is 31.3 Å². The molecule has 1 fully saturated rings. The molecule has 0 saturated heterocycles. The monoisotopic (exact) mass is 499 g/mol. The number of rotatable bonds is 7. The molecule has 1 aliphatic rings. The Morgan fingerprint density at radius 3 is 2.61 bits per heavy atom. The first-order valence-electron chi connectivity index (χ1n) is 9.21. The third kappa shape index (κ3) is 5.27. The number of nitrogens with one attached hydrogen (secondary N) is 2. The SMILES string of the molecule is CCNC(=NCc1cccc(OC)c1O)NCC1(c2cccc(F)c2)CC1.I. The fourth-order valence-electron chi connectivity index (χ4n) is 3.16. The van der Waals surface area contributed by atoms with E-state index in [1.807, 2.05) is 25.1 Å². The maximum absolute atomic E-state index is 13.6. The van der Waals surface area contributed by atoms with Crippen molar-refractivity contribution < 1.29 is 14.2 Å². The van der Waals surface area contributed by atoms with Crippen LogP contribution in [0.15, 0.2) is 47.5 Å². The number of aromatic hydroxyl groups is 1. The molecule has 2 aromatic rings. The second kappa shape index (κ2) is 9.95. The Kier molecular flexibility index (Phi) is 7.91. The van der Waals surface area contributed by atoms with Crippen LogP contribution < -0.4 is 15.4 Å². The fraction of sp³-hybridized carbons (Fsp3) is 0.381. The van der Waals surface area contributed by atoms with Gasteiger partial charge in [0, 0.05) is 24.1 Å². The van der Waals surface area contributed by atoms with Crippen LogP contribution in [0.2, 0.25) is 0 Å². The number of benzene rings is 2. The van der Waals surface area contributed by atoms with E-state index in [1.54, 1.807) is 18.2 Å². The van der Waals surface area contributed by atoms with Crippen molar-refractivity contribution in [2.45, 2.75) is 31.7 Å². The molecule has 0 aliphatic heterocycles. The van der Waals surface area contributed by atoms with Crippen LogP contribution in [0.3, 0.4) is 0 Å². The molecule has 0 aromatic heterocycles. The first-order chi connectivity index (χ1) is 13.1. The number of guanidine groups is 1. The van der Waals surface area contributed by atoms with E-state index < -0.39 is 0 Å². The molecule has 2 aromatic carbocycles. The van der Waals surface area contributed by atoms with Gasteiger partial charge in [-0.3, -0.25) is 0 Å². The quantitative estimate of drug-likeness (QED) is 0.307. The topological polar surface area (TPSA) is 65.9 Å². The average molecular weight is 499 g/mol. The summed E-state index contributed by atoms with van der Waals surface area (Å²) in [5, 5.41) is 16.8. The van der Waals surface area contributed by atoms with E-state index in [2.05, 4.69) is 15.6 Å². The molecular weight excluding hydrogens is 472 g/mol. The summed E-state index contributed by atoms with van der Waals surface area (Å²) in [7, 11) is 1.52. The maximum atomic E-state index is 13.6. The first kappa shape index (κ1) is 22.3. The summed E-state index contributed by atoms with van der Waals surface area (Å²) in [5.41, 5.74) is 1.69. The number of ether oxygens (including phenoxy) is 1. The van der Waals surface area contributed by atoms with E-state index in [0.29, 0.717) is 30.4 Å². The van der Waals surface area contributed by atoms with Crippen LogP contribution in [0.25, 0.3) is 0 Å². The Balaban J connectivity index is 0.00000280. The summed E-state index contributed by atoms with van der Waals surface area (Å²) in [5.74, 6) is 1.01. The number of nitrogens with zero attached hydrogens (tertiary/aromatic N) is 1. The summed E-state index contributed by atoms with van der Waals surface area (Å²) < 4.78 is 18.7. The standard InChI is InChI=1S/C21H26FN3O2.HI/c1-3-23-20(24-13-15-6-4-9-18(27-2)19(15)26)25-14-21(10-11-21)16-7-5-8-17(22)12-16;/h4-9,12,26H,3,10-11,13-14H2,1-2H3,(H2,23,24,25);1H. The Labute approximate surface area is 182 Å². The summed E-state index contributed by atoms with van der Waals surface area (Å²) in [6, 6.07) is 12.2. The Bertz CT molecular complexity index is 825. The summed E-state index contributed by atoms with van der Waals surface area (Å²) >= 11 is 0. The van der Waals surface area contributed by atoms with Crippen molar-refractivity contribution in [3.8, 4) is 11.5 Å². The highest BCUT2D eigenvalue weighted by Gasteiger charge is 2.44. The second-order valence-corrected chi connectivity index (χ2v) is 6.81. The number of hydrogen-bond donors (Lipinski definition) is 3. The Morgan fingerprint density at radius 2 is 1.96 bits per heavy atom. The second-order valence-electron chi connectivity index (χ2n) is 6.81. The van der Waals surface area contributed by atoms with Gasteiger partial charge in [0.1, 0.15) is 5.82 Å². The molecule has 5 nitrogen and oxygen atoms in total. The molecule has 1 saturated carbocycles. The lowest BCUT2D eigenvalue weighted by Gasteiger charge is -2.19. The Morgan fingerprint density at radius 1 is 1.21 bits per heavy atom. The van der Waals surface area contributed by atoms with Gasteiger partial charge in [-0.15, -0.1) is 24.0 Å². The van der Waals surface area contributed by atoms with Gasteiger partial charge in [0.05, 0.1) is 13.7 Å². The van der Waals surface area contributed by atoms with Crippen molar-refractivity contribution in [3.05, 3.63) is 59.4 Å². The molecule has 1 aliphatic carbocycles. The lowest BCUT2D eigenvalue weighted by Crippen LogP contribution is -2.41. The van der Waals surface area contributed by atoms with Gasteiger partial charge < -0.3 is 20.5 Å². The molecule has 3 rings (SSSR count). The van der Waals surface area contributed by atoms with E-state index in [-0.39, 0.29) is 41.0 Å². The van der Waals surface area contributed by atoms with Crippen molar-refractivity contribution in [1.29, 1.82) is 0 Å². The number of para-hydroxylation sites is 1. The van der Waals surface area contributed by atoms with Crippen LogP contribution in [0, 0.1) is 5.82 Å². The molecule has 0 spiro atoms. The molecular formula is C21H27FIN3O2. The minimum absolute atomic E-state index is 0. The number of phenolic OH excluding ortho intramolecular Hbond substituents is 1. The molecule has 7 heteroatoms. The van der Waals surface area contributed by atoms with Gasteiger partial charge in [0.25, 0.3) is 0 Å². The zero-order chi connectivity index (χ0) is 19.3. The summed E-state index contributed by atoms with van der Waals surface area (Å²) in [4.78, 5) is 4.57. The van der Waals surface area contributed by atoms with Crippen molar-refractivity contribution in [2.24, 2.45) is 4.99 Å². The molecule has 3 N–H and O–H groups in total. The third-order valence-corrected chi connectivity index (χ3v) is 4.94. The summed E-state index contributed by atoms with van der Waals surface area (Å²) in [6.45, 7) is 3.74. The van der Waals surface area contributed by atoms with Gasteiger partial charge >= 0.3 is 0 Å². The maximum Gasteiger partial charge on any atom is 0.191 e.